The third-order valence-corrected chi connectivity index (χ3v) is 3.36. The summed E-state index contributed by atoms with van der Waals surface area (Å²) in [5.41, 5.74) is 8.03. The van der Waals surface area contributed by atoms with E-state index in [9.17, 15) is 4.79 Å². The predicted octanol–water partition coefficient (Wildman–Crippen LogP) is 6.35. The number of nitrogens with two attached hydrogens (primary N) is 1. The highest BCUT2D eigenvalue weighted by Crippen LogP contribution is 2.03. The molecular formula is C25H46N2O2. The Morgan fingerprint density at radius 2 is 1.52 bits per heavy atom. The molecule has 4 nitrogen and oxygen atoms in total. The van der Waals surface area contributed by atoms with Gasteiger partial charge in [-0.25, -0.2) is 0 Å². The number of aliphatic imine (C=N–C) groups is 1. The molecule has 0 aromatic heterocycles. The van der Waals surface area contributed by atoms with Crippen LogP contribution in [-0.4, -0.2) is 25.8 Å². The highest BCUT2D eigenvalue weighted by Gasteiger charge is 1.90. The average molecular weight is 407 g/mol. The zero-order chi connectivity index (χ0) is 23.3. The van der Waals surface area contributed by atoms with E-state index >= 15 is 0 Å². The summed E-state index contributed by atoms with van der Waals surface area (Å²) in [5, 5.41) is 0. The molecule has 0 saturated carbocycles. The molecule has 1 aromatic rings. The summed E-state index contributed by atoms with van der Waals surface area (Å²) < 4.78 is 4.58. The molecule has 0 bridgehead atoms. The van der Waals surface area contributed by atoms with Gasteiger partial charge in [0, 0.05) is 12.3 Å². The molecule has 4 heteroatoms. The lowest BCUT2D eigenvalue weighted by Gasteiger charge is -1.98. The topological polar surface area (TPSA) is 64.7 Å². The Kier molecular flexibility index (Phi) is 39.7. The van der Waals surface area contributed by atoms with Gasteiger partial charge >= 0.3 is 0 Å². The SMILES string of the molecule is C#C.CCCCC.CCCN=C(C)CCC.CN.Cc1ccc(COC=O)cc1. The Bertz CT molecular complexity index is 463. The number of unbranched alkanes of at least 4 members (excludes halogenated alkanes) is 2. The van der Waals surface area contributed by atoms with Crippen molar-refractivity contribution in [3.05, 3.63) is 35.4 Å². The van der Waals surface area contributed by atoms with Gasteiger partial charge in [0.15, 0.2) is 0 Å². The van der Waals surface area contributed by atoms with Gasteiger partial charge in [-0.05, 0) is 39.3 Å². The van der Waals surface area contributed by atoms with E-state index in [2.05, 4.69) is 62.9 Å². The second-order valence-corrected chi connectivity index (χ2v) is 6.11. The second kappa shape index (κ2) is 33.5. The van der Waals surface area contributed by atoms with E-state index in [4.69, 9.17) is 0 Å². The van der Waals surface area contributed by atoms with Crippen molar-refractivity contribution in [1.82, 2.24) is 0 Å². The number of terminal acetylenes is 1. The van der Waals surface area contributed by atoms with Gasteiger partial charge in [0.25, 0.3) is 6.47 Å². The van der Waals surface area contributed by atoms with Crippen molar-refractivity contribution >= 4 is 12.2 Å². The summed E-state index contributed by atoms with van der Waals surface area (Å²) in [5.74, 6) is 0. The number of nitrogens with zero attached hydrogens (tertiary/aromatic N) is 1. The lowest BCUT2D eigenvalue weighted by molar-refractivity contribution is -0.129. The minimum absolute atomic E-state index is 0.365. The zero-order valence-electron chi connectivity index (χ0n) is 20.0. The van der Waals surface area contributed by atoms with Gasteiger partial charge in [0.2, 0.25) is 0 Å². The summed E-state index contributed by atoms with van der Waals surface area (Å²) in [6.07, 6.45) is 15.6. The number of aryl methyl sites for hydroxylation is 1. The predicted molar refractivity (Wildman–Crippen MR) is 130 cm³/mol. The van der Waals surface area contributed by atoms with Crippen LogP contribution in [0.25, 0.3) is 0 Å². The minimum Gasteiger partial charge on any atom is -0.463 e. The van der Waals surface area contributed by atoms with Gasteiger partial charge < -0.3 is 10.5 Å². The maximum atomic E-state index is 9.82. The summed E-state index contributed by atoms with van der Waals surface area (Å²) in [7, 11) is 1.50. The quantitative estimate of drug-likeness (QED) is 0.295. The van der Waals surface area contributed by atoms with Crippen LogP contribution in [0.15, 0.2) is 29.3 Å². The van der Waals surface area contributed by atoms with E-state index in [0.717, 1.165) is 12.1 Å². The fourth-order valence-electron chi connectivity index (χ4n) is 1.91. The summed E-state index contributed by atoms with van der Waals surface area (Å²) >= 11 is 0. The molecule has 1 rings (SSSR count). The minimum atomic E-state index is 0.365. The van der Waals surface area contributed by atoms with E-state index in [0.29, 0.717) is 13.1 Å². The number of hydrogen-bond acceptors (Lipinski definition) is 4. The lowest BCUT2D eigenvalue weighted by Crippen LogP contribution is -1.91. The van der Waals surface area contributed by atoms with E-state index in [-0.39, 0.29) is 0 Å². The Morgan fingerprint density at radius 3 is 1.86 bits per heavy atom. The van der Waals surface area contributed by atoms with Crippen LogP contribution in [0.1, 0.15) is 84.3 Å². The van der Waals surface area contributed by atoms with E-state index in [1.807, 2.05) is 31.2 Å². The molecule has 0 aliphatic carbocycles. The van der Waals surface area contributed by atoms with Crippen molar-refractivity contribution in [2.45, 2.75) is 86.7 Å². The monoisotopic (exact) mass is 406 g/mol. The Morgan fingerprint density at radius 1 is 1.00 bits per heavy atom. The molecule has 0 atom stereocenters. The Hall–Kier alpha value is -2.12. The zero-order valence-corrected chi connectivity index (χ0v) is 20.0. The van der Waals surface area contributed by atoms with Crippen LogP contribution in [-0.2, 0) is 16.1 Å². The molecule has 29 heavy (non-hydrogen) atoms. The van der Waals surface area contributed by atoms with Gasteiger partial charge in [0.05, 0.1) is 0 Å². The van der Waals surface area contributed by atoms with E-state index in [1.54, 1.807) is 0 Å². The first-order chi connectivity index (χ1) is 14.0. The van der Waals surface area contributed by atoms with Crippen LogP contribution in [0.3, 0.4) is 0 Å². The molecule has 0 aliphatic heterocycles. The number of ether oxygens (including phenoxy) is 1. The first-order valence-electron chi connectivity index (χ1n) is 10.6. The van der Waals surface area contributed by atoms with Gasteiger partial charge in [-0.1, -0.05) is 83.2 Å². The Balaban J connectivity index is -0.000000156. The van der Waals surface area contributed by atoms with E-state index < -0.39 is 0 Å². The molecule has 0 unspecified atom stereocenters. The van der Waals surface area contributed by atoms with E-state index in [1.165, 1.54) is 56.8 Å². The molecule has 0 fully saturated rings. The molecule has 0 spiro atoms. The van der Waals surface area contributed by atoms with Crippen LogP contribution >= 0.6 is 0 Å². The maximum Gasteiger partial charge on any atom is 0.293 e. The van der Waals surface area contributed by atoms with Crippen molar-refractivity contribution < 1.29 is 9.53 Å². The number of hydrogen-bond donors (Lipinski definition) is 1. The molecule has 0 radical (unpaired) electrons. The standard InChI is InChI=1S/C9H10O2.C8H17N.C5H12.C2H2.CH5N/c1-8-2-4-9(5-3-8)6-11-7-10;1-4-6-8(3)9-7-5-2;1-3-5-4-2;2*1-2/h2-5,7H,6H2,1H3;4-7H2,1-3H3;3-5H2,1-2H3;1-2H;2H2,1H3. The van der Waals surface area contributed by atoms with Gasteiger partial charge in [0.1, 0.15) is 6.61 Å². The van der Waals surface area contributed by atoms with Crippen LogP contribution in [0, 0.1) is 19.8 Å². The second-order valence-electron chi connectivity index (χ2n) is 6.11. The van der Waals surface area contributed by atoms with Crippen LogP contribution in [0.2, 0.25) is 0 Å². The van der Waals surface area contributed by atoms with Crippen LogP contribution in [0.4, 0.5) is 0 Å². The molecule has 0 saturated heterocycles. The highest BCUT2D eigenvalue weighted by molar-refractivity contribution is 5.81. The van der Waals surface area contributed by atoms with Crippen LogP contribution in [0.5, 0.6) is 0 Å². The largest absolute Gasteiger partial charge is 0.463 e. The number of carbonyl (C=O) groups excluding carboxylic acids is 1. The summed E-state index contributed by atoms with van der Waals surface area (Å²) in [4.78, 5) is 14.2. The molecule has 0 amide bonds. The van der Waals surface area contributed by atoms with Crippen molar-refractivity contribution in [1.29, 1.82) is 0 Å². The summed E-state index contributed by atoms with van der Waals surface area (Å²) in [6, 6.07) is 7.87. The molecule has 0 aliphatic rings. The average Bonchev–Trinajstić information content (AvgIpc) is 2.76. The smallest absolute Gasteiger partial charge is 0.293 e. The number of rotatable bonds is 9. The van der Waals surface area contributed by atoms with Crippen molar-refractivity contribution in [2.75, 3.05) is 13.6 Å². The maximum absolute atomic E-state index is 9.82. The fraction of sp³-hybridized carbons (Fsp3) is 0.600. The first kappa shape index (κ1) is 34.4. The number of carbonyl (C=O) groups is 1. The molecule has 168 valence electrons. The van der Waals surface area contributed by atoms with Crippen molar-refractivity contribution in [2.24, 2.45) is 10.7 Å². The molecule has 1 aromatic carbocycles. The third-order valence-electron chi connectivity index (χ3n) is 3.36. The van der Waals surface area contributed by atoms with Gasteiger partial charge in [-0.2, -0.15) is 0 Å². The number of benzene rings is 1. The normalized spacial score (nSPS) is 8.97. The summed E-state index contributed by atoms with van der Waals surface area (Å²) in [6.45, 7) is 14.7. The van der Waals surface area contributed by atoms with Gasteiger partial charge in [-0.15, -0.1) is 12.8 Å². The first-order valence-corrected chi connectivity index (χ1v) is 10.6. The van der Waals surface area contributed by atoms with Crippen molar-refractivity contribution in [3.8, 4) is 12.8 Å². The Labute approximate surface area is 181 Å². The fourth-order valence-corrected chi connectivity index (χ4v) is 1.91. The van der Waals surface area contributed by atoms with Crippen LogP contribution < -0.4 is 5.73 Å². The van der Waals surface area contributed by atoms with Gasteiger partial charge in [-0.3, -0.25) is 9.79 Å². The molecular weight excluding hydrogens is 360 g/mol. The molecule has 0 heterocycles. The van der Waals surface area contributed by atoms with Crippen molar-refractivity contribution in [3.63, 3.8) is 0 Å². The lowest BCUT2D eigenvalue weighted by atomic mass is 10.2. The third kappa shape index (κ3) is 33.9. The highest BCUT2D eigenvalue weighted by atomic mass is 16.5. The molecule has 2 N–H and O–H groups in total.